The summed E-state index contributed by atoms with van der Waals surface area (Å²) in [6.45, 7) is 11.3. The molecule has 7 heteroatoms. The Bertz CT molecular complexity index is 878. The van der Waals surface area contributed by atoms with E-state index in [4.69, 9.17) is 0 Å². The van der Waals surface area contributed by atoms with E-state index in [-0.39, 0.29) is 17.2 Å². The first-order valence-corrected chi connectivity index (χ1v) is 10.7. The molecule has 0 radical (unpaired) electrons. The van der Waals surface area contributed by atoms with Gasteiger partial charge in [-0.25, -0.2) is 0 Å². The minimum absolute atomic E-state index is 0.0260. The number of carbonyl (C=O) groups excluding carboxylic acids is 2. The Hall–Kier alpha value is -2.54. The molecule has 2 heterocycles. The maximum Gasteiger partial charge on any atom is 0.245 e. The molecule has 0 unspecified atom stereocenters. The second-order valence-corrected chi connectivity index (χ2v) is 9.47. The first-order chi connectivity index (χ1) is 13.8. The van der Waals surface area contributed by atoms with Gasteiger partial charge in [0.15, 0.2) is 0 Å². The smallest absolute Gasteiger partial charge is 0.245 e. The Morgan fingerprint density at radius 2 is 1.86 bits per heavy atom. The molecule has 3 rings (SSSR count). The van der Waals surface area contributed by atoms with Crippen molar-refractivity contribution >= 4 is 23.2 Å². The Morgan fingerprint density at radius 1 is 1.21 bits per heavy atom. The van der Waals surface area contributed by atoms with Crippen LogP contribution in [0.25, 0.3) is 0 Å². The van der Waals surface area contributed by atoms with E-state index in [1.807, 2.05) is 30.3 Å². The lowest BCUT2D eigenvalue weighted by atomic mass is 9.72. The number of nitrogens with one attached hydrogen (secondary N) is 1. The molecule has 1 saturated heterocycles. The number of likely N-dealkylation sites (tertiary alicyclic amines) is 1. The van der Waals surface area contributed by atoms with Crippen LogP contribution in [0.15, 0.2) is 43.0 Å². The van der Waals surface area contributed by atoms with Gasteiger partial charge in [0.2, 0.25) is 11.8 Å². The van der Waals surface area contributed by atoms with Crippen LogP contribution in [0.2, 0.25) is 0 Å². The highest BCUT2D eigenvalue weighted by Gasteiger charge is 2.43. The van der Waals surface area contributed by atoms with Crippen molar-refractivity contribution < 1.29 is 9.59 Å². The predicted molar refractivity (Wildman–Crippen MR) is 115 cm³/mol. The fourth-order valence-electron chi connectivity index (χ4n) is 3.60. The van der Waals surface area contributed by atoms with Gasteiger partial charge in [0, 0.05) is 18.5 Å². The molecule has 29 heavy (non-hydrogen) atoms. The Labute approximate surface area is 176 Å². The van der Waals surface area contributed by atoms with Crippen LogP contribution in [-0.4, -0.2) is 40.0 Å². The lowest BCUT2D eigenvalue weighted by Gasteiger charge is -2.40. The van der Waals surface area contributed by atoms with E-state index in [1.54, 1.807) is 4.90 Å². The van der Waals surface area contributed by atoms with Crippen molar-refractivity contribution in [2.75, 3.05) is 13.1 Å². The molecule has 0 bridgehead atoms. The topological polar surface area (TPSA) is 75.2 Å². The maximum atomic E-state index is 13.4. The molecule has 0 spiro atoms. The first kappa shape index (κ1) is 21.2. The van der Waals surface area contributed by atoms with Crippen molar-refractivity contribution in [1.29, 1.82) is 0 Å². The zero-order chi connectivity index (χ0) is 21.1. The molecule has 1 aromatic heterocycles. The summed E-state index contributed by atoms with van der Waals surface area (Å²) in [5, 5.41) is 13.3. The van der Waals surface area contributed by atoms with Crippen molar-refractivity contribution in [3.05, 3.63) is 58.6 Å². The van der Waals surface area contributed by atoms with E-state index in [2.05, 4.69) is 42.9 Å². The highest BCUT2D eigenvalue weighted by molar-refractivity contribution is 7.11. The zero-order valence-corrected chi connectivity index (χ0v) is 18.1. The third kappa shape index (κ3) is 4.56. The van der Waals surface area contributed by atoms with Crippen LogP contribution < -0.4 is 5.32 Å². The SMILES string of the molecule is C=CC(=O)N1CCC(C(=O)NCc2nnc(C(C)(C)C)s2)(c2ccccc2)CC1. The van der Waals surface area contributed by atoms with Crippen molar-refractivity contribution in [1.82, 2.24) is 20.4 Å². The summed E-state index contributed by atoms with van der Waals surface area (Å²) in [5.41, 5.74) is 0.266. The number of carbonyl (C=O) groups is 2. The summed E-state index contributed by atoms with van der Waals surface area (Å²) in [6.07, 6.45) is 2.48. The summed E-state index contributed by atoms with van der Waals surface area (Å²) in [7, 11) is 0. The van der Waals surface area contributed by atoms with E-state index < -0.39 is 5.41 Å². The number of hydrogen-bond acceptors (Lipinski definition) is 5. The van der Waals surface area contributed by atoms with Crippen LogP contribution in [0.1, 0.15) is 49.2 Å². The molecule has 0 atom stereocenters. The summed E-state index contributed by atoms with van der Waals surface area (Å²) < 4.78 is 0. The van der Waals surface area contributed by atoms with Gasteiger partial charge in [-0.2, -0.15) is 0 Å². The largest absolute Gasteiger partial charge is 0.349 e. The lowest BCUT2D eigenvalue weighted by Crippen LogP contribution is -2.52. The van der Waals surface area contributed by atoms with Crippen LogP contribution in [-0.2, 0) is 27.0 Å². The average molecular weight is 413 g/mol. The maximum absolute atomic E-state index is 13.4. The van der Waals surface area contributed by atoms with Gasteiger partial charge in [0.05, 0.1) is 12.0 Å². The standard InChI is InChI=1S/C22H28N4O2S/c1-5-18(27)26-13-11-22(12-14-26,16-9-7-6-8-10-16)19(28)23-15-17-24-25-20(29-17)21(2,3)4/h5-10H,1,11-15H2,2-4H3,(H,23,28). The van der Waals surface area contributed by atoms with Crippen LogP contribution >= 0.6 is 11.3 Å². The van der Waals surface area contributed by atoms with E-state index in [9.17, 15) is 9.59 Å². The molecule has 0 aliphatic carbocycles. The second kappa shape index (κ2) is 8.45. The Morgan fingerprint density at radius 3 is 2.41 bits per heavy atom. The predicted octanol–water partition coefficient (Wildman–Crippen LogP) is 3.20. The van der Waals surface area contributed by atoms with Crippen molar-refractivity contribution in [3.8, 4) is 0 Å². The third-order valence-corrected chi connectivity index (χ3v) is 6.72. The quantitative estimate of drug-likeness (QED) is 0.766. The van der Waals surface area contributed by atoms with Gasteiger partial charge in [-0.15, -0.1) is 10.2 Å². The number of aromatic nitrogens is 2. The van der Waals surface area contributed by atoms with Gasteiger partial charge in [0.1, 0.15) is 10.0 Å². The van der Waals surface area contributed by atoms with Gasteiger partial charge in [-0.1, -0.05) is 69.0 Å². The highest BCUT2D eigenvalue weighted by Crippen LogP contribution is 2.36. The minimum Gasteiger partial charge on any atom is -0.349 e. The molecule has 2 amide bonds. The summed E-state index contributed by atoms with van der Waals surface area (Å²) >= 11 is 1.53. The fourth-order valence-corrected chi connectivity index (χ4v) is 4.43. The van der Waals surface area contributed by atoms with Crippen molar-refractivity contribution in [2.24, 2.45) is 0 Å². The van der Waals surface area contributed by atoms with Crippen LogP contribution in [0.5, 0.6) is 0 Å². The molecular formula is C22H28N4O2S. The molecule has 1 fully saturated rings. The molecule has 0 saturated carbocycles. The van der Waals surface area contributed by atoms with E-state index in [0.29, 0.717) is 32.5 Å². The third-order valence-electron chi connectivity index (χ3n) is 5.37. The number of nitrogens with zero attached hydrogens (tertiary/aromatic N) is 3. The number of rotatable bonds is 5. The molecule has 1 aliphatic rings. The monoisotopic (exact) mass is 412 g/mol. The minimum atomic E-state index is -0.656. The van der Waals surface area contributed by atoms with E-state index in [1.165, 1.54) is 17.4 Å². The summed E-state index contributed by atoms with van der Waals surface area (Å²) in [5.74, 6) is -0.113. The van der Waals surface area contributed by atoms with Crippen molar-refractivity contribution in [2.45, 2.75) is 51.0 Å². The summed E-state index contributed by atoms with van der Waals surface area (Å²) in [6, 6.07) is 9.83. The zero-order valence-electron chi connectivity index (χ0n) is 17.3. The average Bonchev–Trinajstić information content (AvgIpc) is 3.22. The van der Waals surface area contributed by atoms with Gasteiger partial charge in [0.25, 0.3) is 0 Å². The number of amides is 2. The second-order valence-electron chi connectivity index (χ2n) is 8.41. The lowest BCUT2D eigenvalue weighted by molar-refractivity contribution is -0.134. The Balaban J connectivity index is 1.76. The number of piperidine rings is 1. The van der Waals surface area contributed by atoms with Gasteiger partial charge < -0.3 is 10.2 Å². The van der Waals surface area contributed by atoms with Crippen LogP contribution in [0.3, 0.4) is 0 Å². The highest BCUT2D eigenvalue weighted by atomic mass is 32.1. The fraction of sp³-hybridized carbons (Fsp3) is 0.455. The number of hydrogen-bond donors (Lipinski definition) is 1. The van der Waals surface area contributed by atoms with E-state index >= 15 is 0 Å². The normalized spacial score (nSPS) is 16.3. The van der Waals surface area contributed by atoms with E-state index in [0.717, 1.165) is 15.6 Å². The van der Waals surface area contributed by atoms with Gasteiger partial charge in [-0.05, 0) is 24.5 Å². The molecule has 1 aromatic carbocycles. The first-order valence-electron chi connectivity index (χ1n) is 9.84. The molecule has 154 valence electrons. The molecule has 2 aromatic rings. The number of benzene rings is 1. The molecule has 6 nitrogen and oxygen atoms in total. The van der Waals surface area contributed by atoms with Crippen molar-refractivity contribution in [3.63, 3.8) is 0 Å². The van der Waals surface area contributed by atoms with Crippen LogP contribution in [0.4, 0.5) is 0 Å². The van der Waals surface area contributed by atoms with Gasteiger partial charge in [-0.3, -0.25) is 9.59 Å². The molecular weight excluding hydrogens is 384 g/mol. The van der Waals surface area contributed by atoms with Gasteiger partial charge >= 0.3 is 0 Å². The molecule has 1 N–H and O–H groups in total. The summed E-state index contributed by atoms with van der Waals surface area (Å²) in [4.78, 5) is 27.1. The Kier molecular flexibility index (Phi) is 6.17. The van der Waals surface area contributed by atoms with Crippen LogP contribution in [0, 0.1) is 0 Å². The molecule has 1 aliphatic heterocycles.